The molecule has 0 amide bonds. The topological polar surface area (TPSA) is 18.5 Å². The van der Waals surface area contributed by atoms with Crippen LogP contribution in [0.3, 0.4) is 0 Å². The molecule has 0 radical (unpaired) electrons. The van der Waals surface area contributed by atoms with Gasteiger partial charge in [0.05, 0.1) is 14.2 Å². The summed E-state index contributed by atoms with van der Waals surface area (Å²) < 4.78 is 11.1. The molecule has 2 aromatic carbocycles. The minimum absolute atomic E-state index is 0.964. The second-order valence-corrected chi connectivity index (χ2v) is 16.4. The van der Waals surface area contributed by atoms with E-state index < -0.39 is 16.1 Å². The van der Waals surface area contributed by atoms with Gasteiger partial charge >= 0.3 is 0 Å². The maximum absolute atomic E-state index is 5.53. The molecule has 0 aliphatic carbocycles. The van der Waals surface area contributed by atoms with Crippen molar-refractivity contribution < 1.29 is 9.47 Å². The molecule has 0 spiro atoms. The van der Waals surface area contributed by atoms with Crippen LogP contribution in [0.5, 0.6) is 11.5 Å². The Hall–Kier alpha value is -1.79. The van der Waals surface area contributed by atoms with Crippen molar-refractivity contribution in [3.63, 3.8) is 0 Å². The van der Waals surface area contributed by atoms with Crippen LogP contribution in [-0.4, -0.2) is 30.4 Å². The van der Waals surface area contributed by atoms with E-state index in [0.29, 0.717) is 0 Å². The van der Waals surface area contributed by atoms with Crippen molar-refractivity contribution in [2.24, 2.45) is 0 Å². The Kier molecular flexibility index (Phi) is 3.19. The van der Waals surface area contributed by atoms with E-state index in [1.165, 1.54) is 11.1 Å². The highest BCUT2D eigenvalue weighted by molar-refractivity contribution is 7.20. The third-order valence-electron chi connectivity index (χ3n) is 5.84. The Morgan fingerprint density at radius 2 is 1.00 bits per heavy atom. The zero-order valence-corrected chi connectivity index (χ0v) is 17.3. The van der Waals surface area contributed by atoms with Crippen LogP contribution in [0.1, 0.15) is 11.1 Å². The Morgan fingerprint density at radius 3 is 1.33 bits per heavy atom. The van der Waals surface area contributed by atoms with Gasteiger partial charge in [-0.3, -0.25) is 0 Å². The molecule has 24 heavy (non-hydrogen) atoms. The van der Waals surface area contributed by atoms with E-state index in [1.807, 2.05) is 0 Å². The van der Waals surface area contributed by atoms with E-state index in [9.17, 15) is 0 Å². The molecule has 0 atom stereocenters. The molecule has 0 bridgehead atoms. The molecule has 4 heteroatoms. The van der Waals surface area contributed by atoms with Crippen LogP contribution in [0.2, 0.25) is 26.2 Å². The minimum atomic E-state index is -1.70. The number of benzene rings is 2. The molecular formula is C20H24O2Si2. The molecule has 2 heterocycles. The molecule has 0 saturated carbocycles. The maximum Gasteiger partial charge on any atom is 0.119 e. The van der Waals surface area contributed by atoms with Crippen molar-refractivity contribution in [3.05, 3.63) is 47.5 Å². The third kappa shape index (κ3) is 1.81. The molecule has 124 valence electrons. The van der Waals surface area contributed by atoms with Gasteiger partial charge in [0.2, 0.25) is 0 Å². The van der Waals surface area contributed by atoms with Gasteiger partial charge in [0.15, 0.2) is 0 Å². The lowest BCUT2D eigenvalue weighted by Crippen LogP contribution is -2.45. The van der Waals surface area contributed by atoms with Crippen molar-refractivity contribution in [3.8, 4) is 11.5 Å². The lowest BCUT2D eigenvalue weighted by molar-refractivity contribution is 0.414. The largest absolute Gasteiger partial charge is 0.497 e. The Balaban J connectivity index is 2.05. The average molecular weight is 353 g/mol. The summed E-state index contributed by atoms with van der Waals surface area (Å²) in [5.41, 5.74) is 2.90. The van der Waals surface area contributed by atoms with Gasteiger partial charge < -0.3 is 9.47 Å². The van der Waals surface area contributed by atoms with Crippen LogP contribution in [-0.2, 0) is 0 Å². The van der Waals surface area contributed by atoms with E-state index in [0.717, 1.165) is 11.5 Å². The first-order chi connectivity index (χ1) is 11.3. The molecule has 0 saturated heterocycles. The van der Waals surface area contributed by atoms with Crippen LogP contribution in [0.4, 0.5) is 0 Å². The van der Waals surface area contributed by atoms with E-state index in [4.69, 9.17) is 9.47 Å². The van der Waals surface area contributed by atoms with Gasteiger partial charge in [0.1, 0.15) is 27.6 Å². The molecule has 2 nitrogen and oxygen atoms in total. The molecule has 2 aliphatic heterocycles. The molecule has 0 unspecified atom stereocenters. The monoisotopic (exact) mass is 352 g/mol. The summed E-state index contributed by atoms with van der Waals surface area (Å²) in [5, 5.41) is 6.39. The van der Waals surface area contributed by atoms with Crippen molar-refractivity contribution in [2.75, 3.05) is 14.2 Å². The SMILES string of the molecule is COc1ccc2c(c1)C1=C(c3cc(OC)ccc3[Si]1(C)C)[Si]2(C)C. The second kappa shape index (κ2) is 4.86. The first-order valence-corrected chi connectivity index (χ1v) is 14.5. The summed E-state index contributed by atoms with van der Waals surface area (Å²) in [6.07, 6.45) is 0. The van der Waals surface area contributed by atoms with Gasteiger partial charge in [-0.2, -0.15) is 0 Å². The molecule has 0 fully saturated rings. The van der Waals surface area contributed by atoms with Crippen molar-refractivity contribution >= 4 is 36.9 Å². The normalized spacial score (nSPS) is 18.9. The number of fused-ring (bicyclic) bond motifs is 4. The average Bonchev–Trinajstić information content (AvgIpc) is 2.95. The fraction of sp³-hybridized carbons (Fsp3) is 0.300. The lowest BCUT2D eigenvalue weighted by Gasteiger charge is -2.26. The summed E-state index contributed by atoms with van der Waals surface area (Å²) >= 11 is 0. The quantitative estimate of drug-likeness (QED) is 0.770. The zero-order chi connectivity index (χ0) is 17.3. The molecule has 0 aromatic heterocycles. The first-order valence-electron chi connectivity index (χ1n) is 8.45. The van der Waals surface area contributed by atoms with E-state index in [2.05, 4.69) is 62.6 Å². The predicted molar refractivity (Wildman–Crippen MR) is 107 cm³/mol. The van der Waals surface area contributed by atoms with E-state index in [1.54, 1.807) is 35.0 Å². The standard InChI is InChI=1S/C20H24O2Si2/c1-21-13-7-9-17-15(11-13)19-20(23(17,3)4)16-12-14(22-2)8-10-18(16)24(19,5)6/h7-12H,1-6H3. The number of ether oxygens (including phenoxy) is 2. The fourth-order valence-electron chi connectivity index (χ4n) is 4.64. The van der Waals surface area contributed by atoms with Gasteiger partial charge in [0, 0.05) is 0 Å². The van der Waals surface area contributed by atoms with Crippen LogP contribution < -0.4 is 19.8 Å². The van der Waals surface area contributed by atoms with Gasteiger partial charge in [-0.25, -0.2) is 0 Å². The van der Waals surface area contributed by atoms with Crippen LogP contribution in [0, 0.1) is 0 Å². The van der Waals surface area contributed by atoms with Gasteiger partial charge in [0.25, 0.3) is 0 Å². The van der Waals surface area contributed by atoms with Crippen molar-refractivity contribution in [1.82, 2.24) is 0 Å². The molecule has 2 aliphatic rings. The fourth-order valence-corrected chi connectivity index (χ4v) is 13.3. The van der Waals surface area contributed by atoms with Crippen LogP contribution in [0.15, 0.2) is 36.4 Å². The maximum atomic E-state index is 5.53. The number of rotatable bonds is 2. The van der Waals surface area contributed by atoms with Gasteiger partial charge in [-0.05, 0) is 56.2 Å². The summed E-state index contributed by atoms with van der Waals surface area (Å²) in [5.74, 6) is 1.93. The molecule has 0 N–H and O–H groups in total. The highest BCUT2D eigenvalue weighted by Gasteiger charge is 2.51. The lowest BCUT2D eigenvalue weighted by atomic mass is 10.1. The van der Waals surface area contributed by atoms with Crippen LogP contribution >= 0.6 is 0 Å². The predicted octanol–water partition coefficient (Wildman–Crippen LogP) is 3.55. The summed E-state index contributed by atoms with van der Waals surface area (Å²) in [6, 6.07) is 13.4. The molecule has 4 rings (SSSR count). The van der Waals surface area contributed by atoms with Gasteiger partial charge in [-0.1, -0.05) is 38.3 Å². The third-order valence-corrected chi connectivity index (χ3v) is 13.2. The summed E-state index contributed by atoms with van der Waals surface area (Å²) in [7, 11) is 0.113. The Labute approximate surface area is 146 Å². The van der Waals surface area contributed by atoms with E-state index >= 15 is 0 Å². The summed E-state index contributed by atoms with van der Waals surface area (Å²) in [4.78, 5) is 0. The first kappa shape index (κ1) is 15.7. The second-order valence-electron chi connectivity index (χ2n) is 7.82. The Morgan fingerprint density at radius 1 is 0.625 bits per heavy atom. The Bertz CT molecular complexity index is 821. The summed E-state index contributed by atoms with van der Waals surface area (Å²) in [6.45, 7) is 9.94. The number of hydrogen-bond acceptors (Lipinski definition) is 2. The smallest absolute Gasteiger partial charge is 0.119 e. The van der Waals surface area contributed by atoms with Crippen LogP contribution in [0.25, 0.3) is 10.4 Å². The van der Waals surface area contributed by atoms with Crippen molar-refractivity contribution in [1.29, 1.82) is 0 Å². The number of methoxy groups -OCH3 is 2. The number of hydrogen-bond donors (Lipinski definition) is 0. The minimum Gasteiger partial charge on any atom is -0.497 e. The highest BCUT2D eigenvalue weighted by Crippen LogP contribution is 2.49. The molecular weight excluding hydrogens is 328 g/mol. The zero-order valence-electron chi connectivity index (χ0n) is 15.3. The van der Waals surface area contributed by atoms with E-state index in [-0.39, 0.29) is 0 Å². The highest BCUT2D eigenvalue weighted by atomic mass is 28.3. The molecule has 2 aromatic rings. The van der Waals surface area contributed by atoms with Crippen molar-refractivity contribution in [2.45, 2.75) is 26.2 Å². The van der Waals surface area contributed by atoms with Gasteiger partial charge in [-0.15, -0.1) is 0 Å².